The molecular formula is C4H8O3S. The van der Waals surface area contributed by atoms with Crippen molar-refractivity contribution in [2.45, 2.75) is 12.2 Å². The Balaban J connectivity index is 3.33. The van der Waals surface area contributed by atoms with Crippen molar-refractivity contribution in [1.29, 1.82) is 0 Å². The average Bonchev–Trinajstić information content (AvgIpc) is 1.67. The Hall–Kier alpha value is -0.220. The summed E-state index contributed by atoms with van der Waals surface area (Å²) in [6, 6.07) is 0. The van der Waals surface area contributed by atoms with Crippen LogP contribution in [0.2, 0.25) is 0 Å². The fraction of sp³-hybridized carbons (Fsp3) is 0.750. The number of hydrogen-bond acceptors (Lipinski definition) is 4. The molecule has 0 rings (SSSR count). The summed E-state index contributed by atoms with van der Waals surface area (Å²) >= 11 is 3.74. The highest BCUT2D eigenvalue weighted by Crippen LogP contribution is 1.93. The van der Waals surface area contributed by atoms with E-state index < -0.39 is 18.0 Å². The van der Waals surface area contributed by atoms with Crippen LogP contribution in [0.4, 0.5) is 0 Å². The summed E-state index contributed by atoms with van der Waals surface area (Å²) in [5.41, 5.74) is 0. The lowest BCUT2D eigenvalue weighted by atomic mass is 10.5. The van der Waals surface area contributed by atoms with E-state index in [1.807, 2.05) is 0 Å². The Morgan fingerprint density at radius 1 is 2.00 bits per heavy atom. The van der Waals surface area contributed by atoms with Gasteiger partial charge in [0.25, 0.3) is 0 Å². The first-order valence-corrected chi connectivity index (χ1v) is 2.65. The summed E-state index contributed by atoms with van der Waals surface area (Å²) < 4.78 is 4.14. The molecule has 0 saturated carbocycles. The van der Waals surface area contributed by atoms with Crippen LogP contribution in [0.25, 0.3) is 0 Å². The first-order chi connectivity index (χ1) is 3.68. The molecule has 1 atom stereocenters. The first kappa shape index (κ1) is 7.78. The third-order valence-electron chi connectivity index (χ3n) is 0.548. The van der Waals surface area contributed by atoms with Crippen molar-refractivity contribution in [2.75, 3.05) is 6.79 Å². The van der Waals surface area contributed by atoms with E-state index in [-0.39, 0.29) is 0 Å². The fourth-order valence-corrected chi connectivity index (χ4v) is 0.259. The average molecular weight is 136 g/mol. The predicted molar refractivity (Wildman–Crippen MR) is 31.6 cm³/mol. The van der Waals surface area contributed by atoms with Gasteiger partial charge in [-0.05, 0) is 6.92 Å². The van der Waals surface area contributed by atoms with E-state index in [0.717, 1.165) is 0 Å². The van der Waals surface area contributed by atoms with E-state index in [2.05, 4.69) is 17.4 Å². The number of ether oxygens (including phenoxy) is 1. The molecule has 1 unspecified atom stereocenters. The van der Waals surface area contributed by atoms with Crippen LogP contribution in [0.15, 0.2) is 0 Å². The van der Waals surface area contributed by atoms with Crippen LogP contribution >= 0.6 is 12.6 Å². The lowest BCUT2D eigenvalue weighted by Crippen LogP contribution is -2.14. The molecule has 0 aliphatic heterocycles. The maximum atomic E-state index is 10.3. The number of aliphatic hydroxyl groups is 1. The minimum absolute atomic E-state index is 0.456. The van der Waals surface area contributed by atoms with E-state index in [9.17, 15) is 4.79 Å². The summed E-state index contributed by atoms with van der Waals surface area (Å²) in [5.74, 6) is -0.504. The Morgan fingerprint density at radius 2 is 2.50 bits per heavy atom. The minimum atomic E-state index is -0.566. The lowest BCUT2D eigenvalue weighted by Gasteiger charge is -2.00. The Morgan fingerprint density at radius 3 is 2.62 bits per heavy atom. The van der Waals surface area contributed by atoms with Gasteiger partial charge < -0.3 is 9.84 Å². The maximum absolute atomic E-state index is 10.3. The molecule has 0 aromatic heterocycles. The third kappa shape index (κ3) is 2.87. The van der Waals surface area contributed by atoms with Gasteiger partial charge in [0.2, 0.25) is 0 Å². The van der Waals surface area contributed by atoms with Gasteiger partial charge in [-0.15, -0.1) is 0 Å². The number of rotatable bonds is 2. The zero-order valence-corrected chi connectivity index (χ0v) is 5.39. The number of hydrogen-bond donors (Lipinski definition) is 2. The highest BCUT2D eigenvalue weighted by molar-refractivity contribution is 7.81. The van der Waals surface area contributed by atoms with Gasteiger partial charge in [0.05, 0.1) is 5.25 Å². The largest absolute Gasteiger partial charge is 0.438 e. The molecule has 0 heterocycles. The van der Waals surface area contributed by atoms with Crippen LogP contribution < -0.4 is 0 Å². The van der Waals surface area contributed by atoms with Crippen LogP contribution in [0, 0.1) is 0 Å². The van der Waals surface area contributed by atoms with Crippen LogP contribution in [-0.4, -0.2) is 23.1 Å². The van der Waals surface area contributed by atoms with Gasteiger partial charge >= 0.3 is 5.97 Å². The van der Waals surface area contributed by atoms with Gasteiger partial charge in [-0.2, -0.15) is 12.6 Å². The molecule has 0 aromatic rings. The molecule has 48 valence electrons. The van der Waals surface area contributed by atoms with Gasteiger partial charge in [-0.1, -0.05) is 0 Å². The van der Waals surface area contributed by atoms with Crippen LogP contribution in [0.1, 0.15) is 6.92 Å². The SMILES string of the molecule is CC(S)C(=O)OCO. The zero-order chi connectivity index (χ0) is 6.57. The molecule has 0 spiro atoms. The summed E-state index contributed by atoms with van der Waals surface area (Å²) in [7, 11) is 0. The second-order valence-electron chi connectivity index (χ2n) is 1.27. The highest BCUT2D eigenvalue weighted by atomic mass is 32.1. The fourth-order valence-electron chi connectivity index (χ4n) is 0.184. The highest BCUT2D eigenvalue weighted by Gasteiger charge is 2.06. The summed E-state index contributed by atoms with van der Waals surface area (Å²) in [6.07, 6.45) is 0. The van der Waals surface area contributed by atoms with Gasteiger partial charge in [0.1, 0.15) is 0 Å². The molecule has 4 heteroatoms. The molecule has 0 fully saturated rings. The molecule has 0 bridgehead atoms. The van der Waals surface area contributed by atoms with E-state index in [0.29, 0.717) is 0 Å². The third-order valence-corrected chi connectivity index (χ3v) is 0.759. The quantitative estimate of drug-likeness (QED) is 0.314. The summed E-state index contributed by atoms with van der Waals surface area (Å²) in [5, 5.41) is 7.55. The molecule has 3 nitrogen and oxygen atoms in total. The van der Waals surface area contributed by atoms with E-state index >= 15 is 0 Å². The molecule has 0 saturated heterocycles. The van der Waals surface area contributed by atoms with Crippen molar-refractivity contribution in [1.82, 2.24) is 0 Å². The number of thiol groups is 1. The Labute approximate surface area is 53.1 Å². The van der Waals surface area contributed by atoms with E-state index in [1.165, 1.54) is 0 Å². The van der Waals surface area contributed by atoms with Crippen molar-refractivity contribution >= 4 is 18.6 Å². The van der Waals surface area contributed by atoms with Crippen molar-refractivity contribution in [3.8, 4) is 0 Å². The smallest absolute Gasteiger partial charge is 0.320 e. The zero-order valence-electron chi connectivity index (χ0n) is 4.50. The molecule has 0 radical (unpaired) electrons. The molecule has 1 N–H and O–H groups in total. The Bertz CT molecular complexity index is 81.4. The molecule has 0 aliphatic rings. The van der Waals surface area contributed by atoms with Crippen molar-refractivity contribution in [3.05, 3.63) is 0 Å². The normalized spacial score (nSPS) is 12.9. The molecule has 0 amide bonds. The van der Waals surface area contributed by atoms with Gasteiger partial charge in [0.15, 0.2) is 6.79 Å². The monoisotopic (exact) mass is 136 g/mol. The second kappa shape index (κ2) is 3.74. The Kier molecular flexibility index (Phi) is 3.64. The van der Waals surface area contributed by atoms with Gasteiger partial charge in [0, 0.05) is 0 Å². The van der Waals surface area contributed by atoms with Crippen molar-refractivity contribution < 1.29 is 14.6 Å². The molecule has 0 aromatic carbocycles. The maximum Gasteiger partial charge on any atom is 0.320 e. The number of aliphatic hydroxyl groups excluding tert-OH is 1. The molecule has 8 heavy (non-hydrogen) atoms. The van der Waals surface area contributed by atoms with E-state index in [1.54, 1.807) is 6.92 Å². The van der Waals surface area contributed by atoms with Crippen LogP contribution in [-0.2, 0) is 9.53 Å². The second-order valence-corrected chi connectivity index (χ2v) is 2.04. The minimum Gasteiger partial charge on any atom is -0.438 e. The van der Waals surface area contributed by atoms with Crippen molar-refractivity contribution in [2.24, 2.45) is 0 Å². The van der Waals surface area contributed by atoms with E-state index in [4.69, 9.17) is 5.11 Å². The lowest BCUT2D eigenvalue weighted by molar-refractivity contribution is -0.150. The van der Waals surface area contributed by atoms with Gasteiger partial charge in [-0.3, -0.25) is 4.79 Å². The first-order valence-electron chi connectivity index (χ1n) is 2.14. The summed E-state index contributed by atoms with van der Waals surface area (Å²) in [6.45, 7) is 1.00. The van der Waals surface area contributed by atoms with Crippen molar-refractivity contribution in [3.63, 3.8) is 0 Å². The number of carbonyl (C=O) groups excluding carboxylic acids is 1. The van der Waals surface area contributed by atoms with Crippen LogP contribution in [0.3, 0.4) is 0 Å². The topological polar surface area (TPSA) is 46.5 Å². The number of carbonyl (C=O) groups is 1. The van der Waals surface area contributed by atoms with Crippen LogP contribution in [0.5, 0.6) is 0 Å². The standard InChI is InChI=1S/C4H8O3S/c1-3(8)4(6)7-2-5/h3,5,8H,2H2,1H3. The van der Waals surface area contributed by atoms with Gasteiger partial charge in [-0.25, -0.2) is 0 Å². The number of esters is 1. The summed E-state index contributed by atoms with van der Waals surface area (Å²) in [4.78, 5) is 10.3. The molecule has 0 aliphatic carbocycles. The molecular weight excluding hydrogens is 128 g/mol. The predicted octanol–water partition coefficient (Wildman–Crippen LogP) is -0.202.